The van der Waals surface area contributed by atoms with Crippen molar-refractivity contribution in [3.63, 3.8) is 0 Å². The second kappa shape index (κ2) is 12.2. The van der Waals surface area contributed by atoms with E-state index in [1.807, 2.05) is 26.8 Å². The van der Waals surface area contributed by atoms with Gasteiger partial charge in [-0.05, 0) is 57.4 Å². The molecule has 0 aromatic heterocycles. The van der Waals surface area contributed by atoms with Gasteiger partial charge in [-0.1, -0.05) is 23.3 Å². The van der Waals surface area contributed by atoms with E-state index in [4.69, 9.17) is 4.74 Å². The van der Waals surface area contributed by atoms with Crippen LogP contribution in [0.25, 0.3) is 0 Å². The molecule has 0 aliphatic carbocycles. The maximum Gasteiger partial charge on any atom is 0.244 e. The van der Waals surface area contributed by atoms with Gasteiger partial charge in [-0.2, -0.15) is 0 Å². The molecule has 1 aromatic carbocycles. The van der Waals surface area contributed by atoms with Crippen molar-refractivity contribution in [1.29, 1.82) is 0 Å². The standard InChI is InChI=1S/C22H31NO6S/c1-16(2)13-19(24)14-17(3)8-11-29-21-6-5-18(15-20(21)25)7-10-23-22(26)9-12-30(4,27)28/h5-6,8-9,12-13,15,19,24-25H,7,10-11,14H2,1-4H3,(H,23,26)/b12-9+,17-8+. The smallest absolute Gasteiger partial charge is 0.244 e. The second-order valence-corrected chi connectivity index (χ2v) is 9.28. The SMILES string of the molecule is CC(C)=CC(O)C/C(C)=C/COc1ccc(CCNC(=O)/C=C/S(C)(=O)=O)cc1O. The molecule has 0 heterocycles. The highest BCUT2D eigenvalue weighted by atomic mass is 32.2. The Morgan fingerprint density at radius 1 is 1.27 bits per heavy atom. The maximum absolute atomic E-state index is 11.5. The van der Waals surface area contributed by atoms with Crippen LogP contribution in [0.1, 0.15) is 32.8 Å². The molecule has 8 heteroatoms. The Bertz CT molecular complexity index is 912. The number of hydrogen-bond acceptors (Lipinski definition) is 6. The number of carbonyl (C=O) groups excluding carboxylic acids is 1. The molecule has 1 rings (SSSR count). The van der Waals surface area contributed by atoms with Gasteiger partial charge < -0.3 is 20.3 Å². The first kappa shape index (κ1) is 25.5. The third-order valence-electron chi connectivity index (χ3n) is 3.93. The van der Waals surface area contributed by atoms with Crippen LogP contribution >= 0.6 is 0 Å². The van der Waals surface area contributed by atoms with Gasteiger partial charge in [0.15, 0.2) is 21.3 Å². The minimum Gasteiger partial charge on any atom is -0.504 e. The van der Waals surface area contributed by atoms with Crippen molar-refractivity contribution in [2.45, 2.75) is 39.7 Å². The Morgan fingerprint density at radius 2 is 1.97 bits per heavy atom. The average Bonchev–Trinajstić information content (AvgIpc) is 2.60. The lowest BCUT2D eigenvalue weighted by Crippen LogP contribution is -2.23. The van der Waals surface area contributed by atoms with Gasteiger partial charge in [0.1, 0.15) is 6.61 Å². The third-order valence-corrected chi connectivity index (χ3v) is 4.56. The summed E-state index contributed by atoms with van der Waals surface area (Å²) in [5, 5.41) is 23.4. The summed E-state index contributed by atoms with van der Waals surface area (Å²) < 4.78 is 27.5. The van der Waals surface area contributed by atoms with Crippen molar-refractivity contribution < 1.29 is 28.2 Å². The predicted octanol–water partition coefficient (Wildman–Crippen LogP) is 2.65. The van der Waals surface area contributed by atoms with Gasteiger partial charge in [0.05, 0.1) is 6.10 Å². The molecule has 0 aliphatic rings. The number of allylic oxidation sites excluding steroid dienone is 1. The zero-order valence-corrected chi connectivity index (χ0v) is 18.7. The van der Waals surface area contributed by atoms with Crippen molar-refractivity contribution in [2.75, 3.05) is 19.4 Å². The summed E-state index contributed by atoms with van der Waals surface area (Å²) in [7, 11) is -3.34. The van der Waals surface area contributed by atoms with Crippen LogP contribution in [0.15, 0.2) is 53.0 Å². The number of sulfone groups is 1. The molecular weight excluding hydrogens is 406 g/mol. The number of phenols is 1. The van der Waals surface area contributed by atoms with Crippen LogP contribution in [0.2, 0.25) is 0 Å². The van der Waals surface area contributed by atoms with Crippen LogP contribution in [-0.2, 0) is 21.1 Å². The average molecular weight is 438 g/mol. The lowest BCUT2D eigenvalue weighted by Gasteiger charge is -2.10. The van der Waals surface area contributed by atoms with Crippen LogP contribution < -0.4 is 10.1 Å². The molecule has 3 N–H and O–H groups in total. The minimum absolute atomic E-state index is 0.00794. The van der Waals surface area contributed by atoms with Crippen molar-refractivity contribution >= 4 is 15.7 Å². The molecule has 1 atom stereocenters. The lowest BCUT2D eigenvalue weighted by atomic mass is 10.1. The predicted molar refractivity (Wildman–Crippen MR) is 118 cm³/mol. The normalized spacial score (nSPS) is 13.2. The molecule has 0 radical (unpaired) electrons. The fourth-order valence-electron chi connectivity index (χ4n) is 2.55. The molecule has 0 bridgehead atoms. The molecule has 1 aromatic rings. The number of hydrogen-bond donors (Lipinski definition) is 3. The largest absolute Gasteiger partial charge is 0.504 e. The molecular formula is C22H31NO6S. The van der Waals surface area contributed by atoms with E-state index in [9.17, 15) is 23.4 Å². The number of amides is 1. The van der Waals surface area contributed by atoms with Crippen molar-refractivity contribution in [1.82, 2.24) is 5.32 Å². The van der Waals surface area contributed by atoms with E-state index in [0.29, 0.717) is 25.1 Å². The van der Waals surface area contributed by atoms with Crippen LogP contribution in [-0.4, -0.2) is 50.0 Å². The van der Waals surface area contributed by atoms with Gasteiger partial charge in [0, 0.05) is 24.3 Å². The van der Waals surface area contributed by atoms with Crippen molar-refractivity contribution in [3.05, 3.63) is 58.5 Å². The quantitative estimate of drug-likeness (QED) is 0.362. The van der Waals surface area contributed by atoms with Gasteiger partial charge in [-0.15, -0.1) is 0 Å². The first-order valence-electron chi connectivity index (χ1n) is 9.55. The minimum atomic E-state index is -3.34. The molecule has 0 spiro atoms. The number of nitrogens with one attached hydrogen (secondary N) is 1. The number of carbonyl (C=O) groups is 1. The van der Waals surface area contributed by atoms with E-state index in [2.05, 4.69) is 5.32 Å². The fourth-order valence-corrected chi connectivity index (χ4v) is 2.92. The van der Waals surface area contributed by atoms with Crippen LogP contribution in [0, 0.1) is 0 Å². The summed E-state index contributed by atoms with van der Waals surface area (Å²) in [6.45, 7) is 6.34. The van der Waals surface area contributed by atoms with Gasteiger partial charge >= 0.3 is 0 Å². The van der Waals surface area contributed by atoms with E-state index in [0.717, 1.165) is 34.4 Å². The highest BCUT2D eigenvalue weighted by Crippen LogP contribution is 2.27. The molecule has 30 heavy (non-hydrogen) atoms. The van der Waals surface area contributed by atoms with E-state index in [-0.39, 0.29) is 12.4 Å². The van der Waals surface area contributed by atoms with E-state index in [1.54, 1.807) is 24.3 Å². The molecule has 0 saturated carbocycles. The van der Waals surface area contributed by atoms with Crippen LogP contribution in [0.3, 0.4) is 0 Å². The zero-order valence-electron chi connectivity index (χ0n) is 17.9. The Labute approximate surface area is 178 Å². The lowest BCUT2D eigenvalue weighted by molar-refractivity contribution is -0.116. The summed E-state index contributed by atoms with van der Waals surface area (Å²) >= 11 is 0. The highest BCUT2D eigenvalue weighted by molar-refractivity contribution is 7.93. The maximum atomic E-state index is 11.5. The van der Waals surface area contributed by atoms with E-state index < -0.39 is 21.8 Å². The summed E-state index contributed by atoms with van der Waals surface area (Å²) in [6, 6.07) is 4.99. The first-order valence-corrected chi connectivity index (χ1v) is 11.5. The topological polar surface area (TPSA) is 113 Å². The number of benzene rings is 1. The number of aliphatic hydroxyl groups is 1. The molecule has 1 amide bonds. The Morgan fingerprint density at radius 3 is 2.57 bits per heavy atom. The van der Waals surface area contributed by atoms with Gasteiger partial charge in [0.25, 0.3) is 0 Å². The molecule has 0 saturated heterocycles. The number of aliphatic hydroxyl groups excluding tert-OH is 1. The Hall–Kier alpha value is -2.58. The number of phenolic OH excluding ortho intramolecular Hbond substituents is 1. The molecule has 166 valence electrons. The Balaban J connectivity index is 2.50. The first-order chi connectivity index (χ1) is 14.0. The van der Waals surface area contributed by atoms with E-state index >= 15 is 0 Å². The number of rotatable bonds is 11. The summed E-state index contributed by atoms with van der Waals surface area (Å²) in [5.41, 5.74) is 2.84. The van der Waals surface area contributed by atoms with Crippen molar-refractivity contribution in [2.24, 2.45) is 0 Å². The second-order valence-electron chi connectivity index (χ2n) is 7.35. The molecule has 7 nitrogen and oxygen atoms in total. The summed E-state index contributed by atoms with van der Waals surface area (Å²) in [5.74, 6) is -0.166. The monoisotopic (exact) mass is 437 g/mol. The highest BCUT2D eigenvalue weighted by Gasteiger charge is 2.06. The molecule has 0 aliphatic heterocycles. The molecule has 1 unspecified atom stereocenters. The Kier molecular flexibility index (Phi) is 10.3. The van der Waals surface area contributed by atoms with Gasteiger partial charge in [0.2, 0.25) is 5.91 Å². The summed E-state index contributed by atoms with van der Waals surface area (Å²) in [4.78, 5) is 11.5. The van der Waals surface area contributed by atoms with Crippen molar-refractivity contribution in [3.8, 4) is 11.5 Å². The fraction of sp³-hybridized carbons (Fsp3) is 0.409. The number of aromatic hydroxyl groups is 1. The number of ether oxygens (including phenoxy) is 1. The van der Waals surface area contributed by atoms with Gasteiger partial charge in [-0.25, -0.2) is 8.42 Å². The third kappa shape index (κ3) is 11.4. The summed E-state index contributed by atoms with van der Waals surface area (Å²) in [6.07, 6.45) is 6.09. The van der Waals surface area contributed by atoms with E-state index in [1.165, 1.54) is 0 Å². The zero-order chi connectivity index (χ0) is 22.7. The molecule has 0 fully saturated rings. The van der Waals surface area contributed by atoms with Gasteiger partial charge in [-0.3, -0.25) is 4.79 Å². The van der Waals surface area contributed by atoms with Crippen LogP contribution in [0.5, 0.6) is 11.5 Å². The van der Waals surface area contributed by atoms with Crippen LogP contribution in [0.4, 0.5) is 0 Å².